The van der Waals surface area contributed by atoms with E-state index in [1.807, 2.05) is 0 Å². The summed E-state index contributed by atoms with van der Waals surface area (Å²) in [6.45, 7) is -0.181. The van der Waals surface area contributed by atoms with Crippen molar-refractivity contribution in [1.82, 2.24) is 9.97 Å². The molecule has 0 aliphatic carbocycles. The molecule has 0 unspecified atom stereocenters. The van der Waals surface area contributed by atoms with Crippen molar-refractivity contribution in [2.24, 2.45) is 0 Å². The predicted molar refractivity (Wildman–Crippen MR) is 126 cm³/mol. The number of aromatic nitrogens is 2. The first-order chi connectivity index (χ1) is 17.8. The average molecular weight is 593 g/mol. The first kappa shape index (κ1) is 38.9. The number of rotatable bonds is 5. The molecule has 1 N–H and O–H groups in total. The Balaban J connectivity index is -0.000000495. The molecule has 4 rings (SSSR count). The number of carbonyl (C=O) groups excluding carboxylic acids is 1. The van der Waals surface area contributed by atoms with Gasteiger partial charge in [0.15, 0.2) is 5.43 Å². The average Bonchev–Trinajstić information content (AvgIpc) is 2.91. The van der Waals surface area contributed by atoms with E-state index in [2.05, 4.69) is 14.9 Å². The fourth-order valence-corrected chi connectivity index (χ4v) is 2.11. The number of hydrogen-bond donors (Lipinski definition) is 1. The molecule has 0 amide bonds. The Labute approximate surface area is 306 Å². The molecule has 0 atom stereocenters. The number of hydrogen-bond acceptors (Lipinski definition) is 10. The van der Waals surface area contributed by atoms with Gasteiger partial charge in [0.1, 0.15) is 17.3 Å². The molecule has 194 valence electrons. The molecule has 13 nitrogen and oxygen atoms in total. The number of halogens is 1. The summed E-state index contributed by atoms with van der Waals surface area (Å²) in [5, 5.41) is 28.9. The molecule has 2 aromatic carbocycles. The minimum Gasteiger partial charge on any atom is -1.00 e. The zero-order valence-corrected chi connectivity index (χ0v) is 27.0. The van der Waals surface area contributed by atoms with Crippen LogP contribution in [0, 0.1) is 26.0 Å². The summed E-state index contributed by atoms with van der Waals surface area (Å²) in [6.07, 6.45) is 6.42. The van der Waals surface area contributed by atoms with E-state index in [-0.39, 0.29) is 127 Å². The number of H-pyrrole nitrogens is 1. The van der Waals surface area contributed by atoms with Crippen LogP contribution in [0.25, 0.3) is 0 Å². The van der Waals surface area contributed by atoms with Gasteiger partial charge in [0.25, 0.3) is 17.8 Å². The van der Waals surface area contributed by atoms with Gasteiger partial charge in [-0.3, -0.25) is 34.8 Å². The van der Waals surface area contributed by atoms with Crippen LogP contribution in [-0.4, -0.2) is 26.3 Å². The molecule has 0 fully saturated rings. The molecule has 0 radical (unpaired) electrons. The van der Waals surface area contributed by atoms with Crippen LogP contribution in [0.4, 0.5) is 15.8 Å². The third kappa shape index (κ3) is 18.7. The molecule has 39 heavy (non-hydrogen) atoms. The molecule has 4 aromatic rings. The number of aromatic amines is 1. The monoisotopic (exact) mass is 592 g/mol. The number of nitro benzene ring substituents is 2. The van der Waals surface area contributed by atoms with E-state index in [0.29, 0.717) is 11.5 Å². The summed E-state index contributed by atoms with van der Waals surface area (Å²) in [4.78, 5) is 47.5. The number of non-ortho nitro benzene ring substituents is 2. The van der Waals surface area contributed by atoms with E-state index < -0.39 is 15.7 Å². The zero-order chi connectivity index (χ0) is 27.5. The first-order valence-corrected chi connectivity index (χ1v) is 9.84. The number of ether oxygens (including phenoxy) is 1. The van der Waals surface area contributed by atoms with Gasteiger partial charge in [-0.25, -0.2) is 4.39 Å². The van der Waals surface area contributed by atoms with Crippen LogP contribution >= 0.6 is 0 Å². The molecule has 16 heteroatoms. The van der Waals surface area contributed by atoms with Gasteiger partial charge >= 0.3 is 103 Å². The third-order valence-corrected chi connectivity index (χ3v) is 3.70. The Bertz CT molecular complexity index is 1290. The minimum atomic E-state index is -0.570. The second kappa shape index (κ2) is 23.6. The fourth-order valence-electron chi connectivity index (χ4n) is 2.11. The molecule has 2 aromatic heterocycles. The normalized spacial score (nSPS) is 8.46. The number of nitrogens with zero attached hydrogens (tertiary/aromatic N) is 3. The van der Waals surface area contributed by atoms with Crippen molar-refractivity contribution in [3.8, 4) is 11.5 Å². The summed E-state index contributed by atoms with van der Waals surface area (Å²) < 4.78 is 17.6. The molecule has 0 saturated heterocycles. The Kier molecular flexibility index (Phi) is 23.6. The number of nitrogens with one attached hydrogen (secondary N) is 1. The van der Waals surface area contributed by atoms with Crippen LogP contribution in [0.5, 0.6) is 11.5 Å². The number of nitro groups is 2. The van der Waals surface area contributed by atoms with Crippen LogP contribution in [0.1, 0.15) is 1.43 Å². The van der Waals surface area contributed by atoms with Crippen LogP contribution in [0.2, 0.25) is 0 Å². The summed E-state index contributed by atoms with van der Waals surface area (Å²) in [6, 6.07) is 16.6. The maximum atomic E-state index is 12.1. The van der Waals surface area contributed by atoms with E-state index in [1.165, 1.54) is 24.3 Å². The van der Waals surface area contributed by atoms with Crippen molar-refractivity contribution in [1.29, 1.82) is 0 Å². The van der Waals surface area contributed by atoms with Crippen LogP contribution in [-0.2, 0) is 9.68 Å². The van der Waals surface area contributed by atoms with Crippen LogP contribution in [0.3, 0.4) is 0 Å². The van der Waals surface area contributed by atoms with E-state index in [4.69, 9.17) is 14.8 Å². The van der Waals surface area contributed by atoms with Gasteiger partial charge in [-0.15, -0.1) is 0 Å². The maximum absolute atomic E-state index is 12.1. The molecule has 0 bridgehead atoms. The van der Waals surface area contributed by atoms with Gasteiger partial charge in [0.2, 0.25) is 0 Å². The summed E-state index contributed by atoms with van der Waals surface area (Å²) in [5.41, 5.74) is -0.0118. The second-order valence-electron chi connectivity index (χ2n) is 6.20. The molecule has 0 aliphatic rings. The van der Waals surface area contributed by atoms with E-state index in [9.17, 15) is 29.4 Å². The smallest absolute Gasteiger partial charge is 1.00 e. The van der Waals surface area contributed by atoms with Gasteiger partial charge in [0.05, 0.1) is 9.85 Å². The van der Waals surface area contributed by atoms with Crippen molar-refractivity contribution in [3.63, 3.8) is 0 Å². The van der Waals surface area contributed by atoms with E-state index in [1.54, 1.807) is 49.1 Å². The Morgan fingerprint density at radius 1 is 0.795 bits per heavy atom. The van der Waals surface area contributed by atoms with E-state index in [0.717, 1.165) is 24.3 Å². The number of pyridine rings is 2. The topological polar surface area (TPSA) is 191 Å². The van der Waals surface area contributed by atoms with Crippen molar-refractivity contribution in [3.05, 3.63) is 134 Å². The van der Waals surface area contributed by atoms with Crippen LogP contribution < -0.4 is 118 Å². The molecule has 0 saturated carbocycles. The molecule has 0 aliphatic heterocycles. The first-order valence-electron chi connectivity index (χ1n) is 9.84. The van der Waals surface area contributed by atoms with Crippen molar-refractivity contribution >= 4 is 17.8 Å². The quantitative estimate of drug-likeness (QED) is 0.0848. The predicted octanol–water partition coefficient (Wildman–Crippen LogP) is -2.55. The van der Waals surface area contributed by atoms with Gasteiger partial charge in [-0.1, -0.05) is 0 Å². The fraction of sp³-hybridized carbons (Fsp3) is 0. The summed E-state index contributed by atoms with van der Waals surface area (Å²) >= 11 is 0. The summed E-state index contributed by atoms with van der Waals surface area (Å²) in [7, 11) is 0. The standard InChI is InChI=1S/C11H8N2O3.C6H4FNO2.C5H5NO.CH2O3.2K.H/c14-13(15)9-1-3-10(4-2-9)16-11-5-7-12-8-6-11;7-5-1-3-6(4-2-5)8(9)10;7-5-1-3-6-4-2-5;2-1-4-3;;;/h1-8H;1-4H;1-4H,(H,6,7);1,3H;;;/q;;;;2*+1;-1/p-1. The maximum Gasteiger partial charge on any atom is 1.00 e. The Morgan fingerprint density at radius 2 is 1.21 bits per heavy atom. The van der Waals surface area contributed by atoms with Gasteiger partial charge in [0, 0.05) is 61.2 Å². The molecular weight excluding hydrogens is 573 g/mol. The van der Waals surface area contributed by atoms with E-state index >= 15 is 0 Å². The van der Waals surface area contributed by atoms with Gasteiger partial charge in [-0.05, 0) is 36.4 Å². The third-order valence-electron chi connectivity index (χ3n) is 3.70. The zero-order valence-electron chi connectivity index (χ0n) is 21.7. The van der Waals surface area contributed by atoms with Crippen molar-refractivity contribution in [2.75, 3.05) is 0 Å². The largest absolute Gasteiger partial charge is 1.00 e. The Hall–Kier alpha value is -2.23. The second-order valence-corrected chi connectivity index (χ2v) is 6.20. The van der Waals surface area contributed by atoms with Gasteiger partial charge in [-0.2, -0.15) is 0 Å². The number of benzene rings is 2. The molecular formula is C23H19FK2N4O9. The molecule has 0 spiro atoms. The van der Waals surface area contributed by atoms with Crippen LogP contribution in [0.15, 0.2) is 102 Å². The minimum absolute atomic E-state index is 0. The Morgan fingerprint density at radius 3 is 1.56 bits per heavy atom. The van der Waals surface area contributed by atoms with Crippen molar-refractivity contribution < 1.29 is 138 Å². The summed E-state index contributed by atoms with van der Waals surface area (Å²) in [5.74, 6) is 0.728. The van der Waals surface area contributed by atoms with Crippen molar-refractivity contribution in [2.45, 2.75) is 0 Å². The van der Waals surface area contributed by atoms with Gasteiger partial charge < -0.3 is 21.3 Å². The molecule has 2 heterocycles. The number of carbonyl (C=O) groups is 1. The SMILES string of the molecule is O=CO[O-].O=[N+]([O-])c1ccc(F)cc1.O=[N+]([O-])c1ccc(Oc2ccncc2)cc1.O=c1cc[nH]cc1.[H-].[K+].[K+].